The Morgan fingerprint density at radius 1 is 1.36 bits per heavy atom. The third kappa shape index (κ3) is 3.44. The fourth-order valence-electron chi connectivity index (χ4n) is 3.38. The summed E-state index contributed by atoms with van der Waals surface area (Å²) in [4.78, 5) is 24.9. The summed E-state index contributed by atoms with van der Waals surface area (Å²) in [5, 5.41) is 1.07. The second-order valence-electron chi connectivity index (χ2n) is 6.48. The fraction of sp³-hybridized carbons (Fsp3) is 0.389. The molecule has 0 unspecified atom stereocenters. The van der Waals surface area contributed by atoms with Crippen LogP contribution < -0.4 is 5.73 Å². The second kappa shape index (κ2) is 6.82. The number of carbonyl (C=O) groups excluding carboxylic acids is 1. The van der Waals surface area contributed by atoms with Crippen LogP contribution in [0.4, 0.5) is 0 Å². The number of nitrogens with two attached hydrogens (primary N) is 1. The van der Waals surface area contributed by atoms with Crippen LogP contribution in [-0.2, 0) is 6.54 Å². The van der Waals surface area contributed by atoms with Gasteiger partial charge >= 0.3 is 0 Å². The number of thiazole rings is 1. The minimum absolute atomic E-state index is 0.364. The molecular weight excluding hydrogens is 352 g/mol. The lowest BCUT2D eigenvalue weighted by Crippen LogP contribution is -2.32. The molecule has 7 heteroatoms. The zero-order chi connectivity index (χ0) is 17.4. The number of amides is 1. The summed E-state index contributed by atoms with van der Waals surface area (Å²) in [6, 6.07) is 6.32. The van der Waals surface area contributed by atoms with Gasteiger partial charge in [-0.1, -0.05) is 0 Å². The molecule has 0 radical (unpaired) electrons. The second-order valence-corrected chi connectivity index (χ2v) is 8.68. The number of aryl methyl sites for hydroxylation is 1. The Morgan fingerprint density at radius 2 is 2.16 bits per heavy atom. The van der Waals surface area contributed by atoms with Gasteiger partial charge < -0.3 is 5.73 Å². The van der Waals surface area contributed by atoms with Gasteiger partial charge in [-0.2, -0.15) is 0 Å². The van der Waals surface area contributed by atoms with Gasteiger partial charge in [0.05, 0.1) is 20.9 Å². The zero-order valence-electron chi connectivity index (χ0n) is 14.1. The monoisotopic (exact) mass is 372 g/mol. The van der Waals surface area contributed by atoms with Crippen LogP contribution in [-0.4, -0.2) is 33.9 Å². The molecule has 1 aliphatic rings. The number of fused-ring (bicyclic) bond motifs is 1. The first kappa shape index (κ1) is 16.6. The van der Waals surface area contributed by atoms with Gasteiger partial charge in [0.1, 0.15) is 4.88 Å². The van der Waals surface area contributed by atoms with Crippen LogP contribution in [0.15, 0.2) is 24.4 Å². The highest BCUT2D eigenvalue weighted by Crippen LogP contribution is 2.33. The Morgan fingerprint density at radius 3 is 2.84 bits per heavy atom. The van der Waals surface area contributed by atoms with Crippen LogP contribution in [0.3, 0.4) is 0 Å². The van der Waals surface area contributed by atoms with Gasteiger partial charge in [0.2, 0.25) is 0 Å². The van der Waals surface area contributed by atoms with Crippen molar-refractivity contribution >= 4 is 38.8 Å². The SMILES string of the molecule is Cc1nc(C2CCN(Cc3cc4ncccc4s3)CC2)sc1C(N)=O. The summed E-state index contributed by atoms with van der Waals surface area (Å²) in [6.45, 7) is 4.95. The maximum absolute atomic E-state index is 11.4. The normalized spacial score (nSPS) is 16.5. The lowest BCUT2D eigenvalue weighted by atomic mass is 9.97. The number of rotatable bonds is 4. The topological polar surface area (TPSA) is 72.1 Å². The molecule has 4 rings (SSSR count). The number of pyridine rings is 1. The molecule has 2 N–H and O–H groups in total. The lowest BCUT2D eigenvalue weighted by Gasteiger charge is -2.30. The highest BCUT2D eigenvalue weighted by molar-refractivity contribution is 7.19. The van der Waals surface area contributed by atoms with Gasteiger partial charge in [-0.25, -0.2) is 4.98 Å². The van der Waals surface area contributed by atoms with E-state index in [0.29, 0.717) is 10.8 Å². The van der Waals surface area contributed by atoms with Crippen LogP contribution in [0.2, 0.25) is 0 Å². The Bertz CT molecular complexity index is 876. The average Bonchev–Trinajstić information content (AvgIpc) is 3.18. The fourth-order valence-corrected chi connectivity index (χ4v) is 5.53. The third-order valence-corrected chi connectivity index (χ3v) is 7.10. The number of hydrogen-bond donors (Lipinski definition) is 1. The van der Waals surface area contributed by atoms with Crippen molar-refractivity contribution in [1.29, 1.82) is 0 Å². The molecule has 130 valence electrons. The molecule has 0 atom stereocenters. The molecule has 1 amide bonds. The predicted molar refractivity (Wildman–Crippen MR) is 102 cm³/mol. The summed E-state index contributed by atoms with van der Waals surface area (Å²) < 4.78 is 1.25. The van der Waals surface area contributed by atoms with Crippen LogP contribution in [0.1, 0.15) is 44.0 Å². The molecule has 0 spiro atoms. The number of likely N-dealkylation sites (tertiary alicyclic amines) is 1. The summed E-state index contributed by atoms with van der Waals surface area (Å²) in [7, 11) is 0. The molecule has 3 aromatic rings. The van der Waals surface area contributed by atoms with E-state index in [0.717, 1.165) is 48.7 Å². The summed E-state index contributed by atoms with van der Waals surface area (Å²) in [5.41, 5.74) is 7.28. The molecule has 0 aromatic carbocycles. The van der Waals surface area contributed by atoms with Crippen LogP contribution in [0, 0.1) is 6.92 Å². The van der Waals surface area contributed by atoms with E-state index in [9.17, 15) is 4.79 Å². The smallest absolute Gasteiger partial charge is 0.260 e. The average molecular weight is 373 g/mol. The molecule has 5 nitrogen and oxygen atoms in total. The van der Waals surface area contributed by atoms with E-state index in [1.807, 2.05) is 30.5 Å². The van der Waals surface area contributed by atoms with Gasteiger partial charge in [0.15, 0.2) is 0 Å². The number of primary amides is 1. The highest BCUT2D eigenvalue weighted by Gasteiger charge is 2.25. The molecular formula is C18H20N4OS2. The number of aromatic nitrogens is 2. The quantitative estimate of drug-likeness (QED) is 0.760. The molecule has 3 aromatic heterocycles. The Balaban J connectivity index is 1.39. The Hall–Kier alpha value is -1.83. The number of nitrogens with zero attached hydrogens (tertiary/aromatic N) is 3. The van der Waals surface area contributed by atoms with Crippen molar-refractivity contribution in [2.24, 2.45) is 5.73 Å². The van der Waals surface area contributed by atoms with Crippen molar-refractivity contribution in [1.82, 2.24) is 14.9 Å². The minimum atomic E-state index is -0.364. The molecule has 25 heavy (non-hydrogen) atoms. The molecule has 1 fully saturated rings. The van der Waals surface area contributed by atoms with Crippen LogP contribution in [0.25, 0.3) is 10.2 Å². The van der Waals surface area contributed by atoms with E-state index in [-0.39, 0.29) is 5.91 Å². The molecule has 0 bridgehead atoms. The van der Waals surface area contributed by atoms with E-state index >= 15 is 0 Å². The summed E-state index contributed by atoms with van der Waals surface area (Å²) in [6.07, 6.45) is 4.00. The van der Waals surface area contributed by atoms with Crippen molar-refractivity contribution in [3.8, 4) is 0 Å². The van der Waals surface area contributed by atoms with Crippen molar-refractivity contribution in [2.75, 3.05) is 13.1 Å². The van der Waals surface area contributed by atoms with Gasteiger partial charge in [0.25, 0.3) is 5.91 Å². The van der Waals surface area contributed by atoms with Crippen LogP contribution in [0.5, 0.6) is 0 Å². The zero-order valence-corrected chi connectivity index (χ0v) is 15.7. The predicted octanol–water partition coefficient (Wildman–Crippen LogP) is 3.54. The molecule has 1 saturated heterocycles. The lowest BCUT2D eigenvalue weighted by molar-refractivity contribution is 0.100. The number of carbonyl (C=O) groups is 1. The van der Waals surface area contributed by atoms with E-state index in [2.05, 4.69) is 27.0 Å². The minimum Gasteiger partial charge on any atom is -0.365 e. The van der Waals surface area contributed by atoms with Crippen molar-refractivity contribution in [3.63, 3.8) is 0 Å². The van der Waals surface area contributed by atoms with E-state index in [1.54, 1.807) is 0 Å². The first-order valence-corrected chi connectivity index (χ1v) is 10.1. The Labute approximate surface area is 154 Å². The largest absolute Gasteiger partial charge is 0.365 e. The molecule has 1 aliphatic heterocycles. The standard InChI is InChI=1S/C18H20N4OS2/c1-11-16(17(19)23)25-18(21-11)12-4-7-22(8-5-12)10-13-9-14-15(24-13)3-2-6-20-14/h2-3,6,9,12H,4-5,7-8,10H2,1H3,(H2,19,23). The first-order valence-electron chi connectivity index (χ1n) is 8.43. The first-order chi connectivity index (χ1) is 12.1. The van der Waals surface area contributed by atoms with E-state index in [1.165, 1.54) is 20.9 Å². The van der Waals surface area contributed by atoms with E-state index in [4.69, 9.17) is 5.73 Å². The van der Waals surface area contributed by atoms with Gasteiger partial charge in [-0.15, -0.1) is 22.7 Å². The molecule has 4 heterocycles. The van der Waals surface area contributed by atoms with Crippen molar-refractivity contribution < 1.29 is 4.79 Å². The highest BCUT2D eigenvalue weighted by atomic mass is 32.1. The van der Waals surface area contributed by atoms with Gasteiger partial charge in [0, 0.05) is 23.5 Å². The Kier molecular flexibility index (Phi) is 4.54. The van der Waals surface area contributed by atoms with Crippen molar-refractivity contribution in [2.45, 2.75) is 32.2 Å². The van der Waals surface area contributed by atoms with Gasteiger partial charge in [-0.3, -0.25) is 14.7 Å². The molecule has 0 aliphatic carbocycles. The number of piperidine rings is 1. The number of thiophene rings is 1. The third-order valence-electron chi connectivity index (χ3n) is 4.69. The molecule has 0 saturated carbocycles. The van der Waals surface area contributed by atoms with Crippen LogP contribution >= 0.6 is 22.7 Å². The maximum Gasteiger partial charge on any atom is 0.260 e. The maximum atomic E-state index is 11.4. The number of hydrogen-bond acceptors (Lipinski definition) is 6. The van der Waals surface area contributed by atoms with Gasteiger partial charge in [-0.05, 0) is 51.1 Å². The van der Waals surface area contributed by atoms with Crippen molar-refractivity contribution in [3.05, 3.63) is 44.9 Å². The van der Waals surface area contributed by atoms with E-state index < -0.39 is 0 Å². The summed E-state index contributed by atoms with van der Waals surface area (Å²) >= 11 is 3.30. The summed E-state index contributed by atoms with van der Waals surface area (Å²) in [5.74, 6) is 0.0779.